The third kappa shape index (κ3) is 4.62. The van der Waals surface area contributed by atoms with E-state index in [4.69, 9.17) is 9.47 Å². The van der Waals surface area contributed by atoms with Gasteiger partial charge in [-0.05, 0) is 35.9 Å². The number of amides is 1. The van der Waals surface area contributed by atoms with Crippen molar-refractivity contribution in [1.29, 1.82) is 5.26 Å². The van der Waals surface area contributed by atoms with Gasteiger partial charge in [0.15, 0.2) is 0 Å². The van der Waals surface area contributed by atoms with Crippen LogP contribution in [0.5, 0.6) is 11.5 Å². The van der Waals surface area contributed by atoms with Gasteiger partial charge in [0.1, 0.15) is 24.2 Å². The second-order valence-corrected chi connectivity index (χ2v) is 5.42. The summed E-state index contributed by atoms with van der Waals surface area (Å²) in [4.78, 5) is 11.9. The monoisotopic (exact) mass is 344 g/mol. The zero-order chi connectivity index (χ0) is 18.2. The van der Waals surface area contributed by atoms with E-state index in [9.17, 15) is 10.1 Å². The summed E-state index contributed by atoms with van der Waals surface area (Å²) < 4.78 is 10.9. The fraction of sp³-hybridized carbons (Fsp3) is 0.0476. The molecule has 0 bridgehead atoms. The Morgan fingerprint density at radius 1 is 0.962 bits per heavy atom. The lowest BCUT2D eigenvalue weighted by Gasteiger charge is -2.10. The average molecular weight is 344 g/mol. The van der Waals surface area contributed by atoms with E-state index in [-0.39, 0.29) is 6.61 Å². The number of para-hydroxylation sites is 1. The largest absolute Gasteiger partial charge is 0.456 e. The highest BCUT2D eigenvalue weighted by molar-refractivity contribution is 5.85. The van der Waals surface area contributed by atoms with E-state index in [0.29, 0.717) is 22.7 Å². The van der Waals surface area contributed by atoms with Crippen molar-refractivity contribution in [3.63, 3.8) is 0 Å². The number of nitrogens with zero attached hydrogens (tertiary/aromatic N) is 1. The summed E-state index contributed by atoms with van der Waals surface area (Å²) in [5.74, 6) is 1.05. The Morgan fingerprint density at radius 2 is 1.65 bits per heavy atom. The van der Waals surface area contributed by atoms with Crippen molar-refractivity contribution < 1.29 is 14.3 Å². The van der Waals surface area contributed by atoms with Crippen LogP contribution in [0.25, 0.3) is 0 Å². The number of anilines is 1. The van der Waals surface area contributed by atoms with Crippen LogP contribution in [0, 0.1) is 11.3 Å². The van der Waals surface area contributed by atoms with E-state index in [2.05, 4.69) is 11.4 Å². The Labute approximate surface area is 151 Å². The van der Waals surface area contributed by atoms with Crippen LogP contribution in [0.2, 0.25) is 0 Å². The number of nitrogens with one attached hydrogen (secondary N) is 1. The summed E-state index contributed by atoms with van der Waals surface area (Å²) in [6.07, 6.45) is -0.588. The molecule has 0 spiro atoms. The fourth-order valence-corrected chi connectivity index (χ4v) is 2.28. The fourth-order valence-electron chi connectivity index (χ4n) is 2.28. The molecule has 0 heterocycles. The SMILES string of the molecule is N#Cc1cc(NC(=O)OCc2ccccc2)ccc1Oc1ccccc1. The Balaban J connectivity index is 1.63. The van der Waals surface area contributed by atoms with Crippen molar-refractivity contribution in [2.45, 2.75) is 6.61 Å². The number of rotatable bonds is 5. The minimum atomic E-state index is -0.588. The van der Waals surface area contributed by atoms with Crippen LogP contribution in [0.1, 0.15) is 11.1 Å². The second kappa shape index (κ2) is 8.36. The molecular formula is C21H16N2O3. The molecule has 0 aliphatic heterocycles. The Bertz CT molecular complexity index is 919. The van der Waals surface area contributed by atoms with Gasteiger partial charge in [0.2, 0.25) is 0 Å². The van der Waals surface area contributed by atoms with Crippen LogP contribution in [-0.2, 0) is 11.3 Å². The van der Waals surface area contributed by atoms with E-state index in [1.807, 2.05) is 48.5 Å². The number of nitriles is 1. The van der Waals surface area contributed by atoms with Crippen molar-refractivity contribution in [3.05, 3.63) is 90.0 Å². The van der Waals surface area contributed by atoms with Gasteiger partial charge in [-0.1, -0.05) is 48.5 Å². The molecule has 0 unspecified atom stereocenters. The molecule has 5 nitrogen and oxygen atoms in total. The lowest BCUT2D eigenvalue weighted by Crippen LogP contribution is -2.13. The summed E-state index contributed by atoms with van der Waals surface area (Å²) in [6.45, 7) is 0.174. The van der Waals surface area contributed by atoms with E-state index in [0.717, 1.165) is 5.56 Å². The maximum absolute atomic E-state index is 11.9. The van der Waals surface area contributed by atoms with E-state index < -0.39 is 6.09 Å². The van der Waals surface area contributed by atoms with Gasteiger partial charge in [-0.3, -0.25) is 5.32 Å². The summed E-state index contributed by atoms with van der Waals surface area (Å²) in [5, 5.41) is 11.9. The standard InChI is InChI=1S/C21H16N2O3/c22-14-17-13-18(11-12-20(17)26-19-9-5-2-6-10-19)23-21(24)25-15-16-7-3-1-4-8-16/h1-13H,15H2,(H,23,24). The van der Waals surface area contributed by atoms with E-state index in [1.54, 1.807) is 30.3 Å². The number of benzene rings is 3. The first kappa shape index (κ1) is 17.1. The molecule has 0 saturated carbocycles. The molecule has 1 amide bonds. The minimum Gasteiger partial charge on any atom is -0.456 e. The predicted molar refractivity (Wildman–Crippen MR) is 97.9 cm³/mol. The van der Waals surface area contributed by atoms with Crippen LogP contribution in [0.4, 0.5) is 10.5 Å². The van der Waals surface area contributed by atoms with Crippen molar-refractivity contribution in [3.8, 4) is 17.6 Å². The maximum atomic E-state index is 11.9. The number of ether oxygens (including phenoxy) is 2. The maximum Gasteiger partial charge on any atom is 0.411 e. The van der Waals surface area contributed by atoms with Crippen molar-refractivity contribution >= 4 is 11.8 Å². The second-order valence-electron chi connectivity index (χ2n) is 5.42. The number of carbonyl (C=O) groups is 1. The van der Waals surface area contributed by atoms with Gasteiger partial charge in [-0.25, -0.2) is 4.79 Å². The molecule has 0 aliphatic rings. The quantitative estimate of drug-likeness (QED) is 0.699. The summed E-state index contributed by atoms with van der Waals surface area (Å²) in [7, 11) is 0. The highest BCUT2D eigenvalue weighted by Crippen LogP contribution is 2.27. The predicted octanol–water partition coefficient (Wildman–Crippen LogP) is 5.10. The van der Waals surface area contributed by atoms with Gasteiger partial charge in [0.05, 0.1) is 5.56 Å². The lowest BCUT2D eigenvalue weighted by molar-refractivity contribution is 0.155. The van der Waals surface area contributed by atoms with Gasteiger partial charge in [-0.15, -0.1) is 0 Å². The number of hydrogen-bond donors (Lipinski definition) is 1. The van der Waals surface area contributed by atoms with Crippen LogP contribution in [0.15, 0.2) is 78.9 Å². The first-order valence-corrected chi connectivity index (χ1v) is 7.99. The summed E-state index contributed by atoms with van der Waals surface area (Å²) in [6, 6.07) is 25.5. The average Bonchev–Trinajstić information content (AvgIpc) is 2.69. The molecule has 3 rings (SSSR count). The van der Waals surface area contributed by atoms with E-state index in [1.165, 1.54) is 0 Å². The van der Waals surface area contributed by atoms with Gasteiger partial charge in [0.25, 0.3) is 0 Å². The zero-order valence-electron chi connectivity index (χ0n) is 13.9. The molecule has 0 fully saturated rings. The highest BCUT2D eigenvalue weighted by Gasteiger charge is 2.09. The van der Waals surface area contributed by atoms with Crippen LogP contribution in [-0.4, -0.2) is 6.09 Å². The van der Waals surface area contributed by atoms with E-state index >= 15 is 0 Å². The molecule has 0 atom stereocenters. The van der Waals surface area contributed by atoms with Crippen LogP contribution >= 0.6 is 0 Å². The molecular weight excluding hydrogens is 328 g/mol. The zero-order valence-corrected chi connectivity index (χ0v) is 13.9. The molecule has 0 saturated heterocycles. The van der Waals surface area contributed by atoms with Crippen molar-refractivity contribution in [2.75, 3.05) is 5.32 Å². The molecule has 3 aromatic carbocycles. The topological polar surface area (TPSA) is 71.4 Å². The Hall–Kier alpha value is -3.78. The van der Waals surface area contributed by atoms with Gasteiger partial charge in [0, 0.05) is 5.69 Å². The highest BCUT2D eigenvalue weighted by atomic mass is 16.5. The molecule has 128 valence electrons. The Kier molecular flexibility index (Phi) is 5.48. The molecule has 1 N–H and O–H groups in total. The minimum absolute atomic E-state index is 0.174. The molecule has 0 aliphatic carbocycles. The normalized spacial score (nSPS) is 9.81. The number of carbonyl (C=O) groups excluding carboxylic acids is 1. The Morgan fingerprint density at radius 3 is 2.35 bits per heavy atom. The van der Waals surface area contributed by atoms with Gasteiger partial charge < -0.3 is 9.47 Å². The smallest absolute Gasteiger partial charge is 0.411 e. The van der Waals surface area contributed by atoms with Gasteiger partial charge in [-0.2, -0.15) is 5.26 Å². The molecule has 5 heteroatoms. The van der Waals surface area contributed by atoms with Crippen molar-refractivity contribution in [2.24, 2.45) is 0 Å². The summed E-state index contributed by atoms with van der Waals surface area (Å²) in [5.41, 5.74) is 1.67. The third-order valence-electron chi connectivity index (χ3n) is 3.53. The first-order valence-electron chi connectivity index (χ1n) is 7.99. The molecule has 26 heavy (non-hydrogen) atoms. The lowest BCUT2D eigenvalue weighted by atomic mass is 10.2. The third-order valence-corrected chi connectivity index (χ3v) is 3.53. The molecule has 0 radical (unpaired) electrons. The molecule has 3 aromatic rings. The van der Waals surface area contributed by atoms with Crippen molar-refractivity contribution in [1.82, 2.24) is 0 Å². The first-order chi connectivity index (χ1) is 12.7. The number of hydrogen-bond acceptors (Lipinski definition) is 4. The van der Waals surface area contributed by atoms with Crippen LogP contribution in [0.3, 0.4) is 0 Å². The van der Waals surface area contributed by atoms with Gasteiger partial charge >= 0.3 is 6.09 Å². The molecule has 0 aromatic heterocycles. The summed E-state index contributed by atoms with van der Waals surface area (Å²) >= 11 is 0. The van der Waals surface area contributed by atoms with Crippen LogP contribution < -0.4 is 10.1 Å².